The fourth-order valence-electron chi connectivity index (χ4n) is 2.21. The van der Waals surface area contributed by atoms with Crippen molar-refractivity contribution in [2.45, 2.75) is 19.1 Å². The summed E-state index contributed by atoms with van der Waals surface area (Å²) >= 11 is 7.71. The number of ether oxygens (including phenoxy) is 1. The molecule has 0 radical (unpaired) electrons. The Morgan fingerprint density at radius 2 is 2.26 bits per heavy atom. The average molecular weight is 296 g/mol. The number of fused-ring (bicyclic) bond motifs is 3. The molecule has 1 aliphatic rings. The van der Waals surface area contributed by atoms with Gasteiger partial charge in [-0.2, -0.15) is 0 Å². The second-order valence-electron chi connectivity index (χ2n) is 4.55. The molecule has 0 spiro atoms. The van der Waals surface area contributed by atoms with Crippen molar-refractivity contribution in [1.82, 2.24) is 0 Å². The minimum Gasteiger partial charge on any atom is -0.488 e. The van der Waals surface area contributed by atoms with E-state index in [1.165, 1.54) is 4.88 Å². The normalized spacial score (nSPS) is 14.5. The second-order valence-corrected chi connectivity index (χ2v) is 6.07. The molecule has 1 aromatic heterocycles. The molecule has 2 aromatic rings. The van der Waals surface area contributed by atoms with Crippen LogP contribution in [0.5, 0.6) is 5.75 Å². The van der Waals surface area contributed by atoms with E-state index in [1.54, 1.807) is 11.3 Å². The lowest BCUT2D eigenvalue weighted by atomic mass is 10.1. The molecule has 0 bridgehead atoms. The molecule has 3 rings (SSSR count). The molecule has 1 aromatic carbocycles. The van der Waals surface area contributed by atoms with Crippen molar-refractivity contribution < 1.29 is 9.84 Å². The Hall–Kier alpha value is -1.07. The number of hydrogen-bond donors (Lipinski definition) is 2. The van der Waals surface area contributed by atoms with Crippen LogP contribution < -0.4 is 10.5 Å². The highest BCUT2D eigenvalue weighted by Crippen LogP contribution is 2.44. The molecule has 0 aliphatic carbocycles. The maximum Gasteiger partial charge on any atom is 0.128 e. The summed E-state index contributed by atoms with van der Waals surface area (Å²) in [6.45, 7) is 0.662. The van der Waals surface area contributed by atoms with E-state index >= 15 is 0 Å². The Bertz CT molecular complexity index is 611. The number of hydrogen-bond acceptors (Lipinski definition) is 4. The zero-order valence-corrected chi connectivity index (χ0v) is 11.8. The van der Waals surface area contributed by atoms with Crippen molar-refractivity contribution >= 4 is 22.9 Å². The quantitative estimate of drug-likeness (QED) is 0.913. The van der Waals surface area contributed by atoms with Crippen molar-refractivity contribution in [3.63, 3.8) is 0 Å². The van der Waals surface area contributed by atoms with Crippen LogP contribution in [0.3, 0.4) is 0 Å². The summed E-state index contributed by atoms with van der Waals surface area (Å²) in [5, 5.41) is 9.68. The number of aliphatic hydroxyl groups is 1. The summed E-state index contributed by atoms with van der Waals surface area (Å²) in [6, 6.07) is 7.60. The predicted molar refractivity (Wildman–Crippen MR) is 77.7 cm³/mol. The first-order valence-electron chi connectivity index (χ1n) is 6.11. The van der Waals surface area contributed by atoms with E-state index in [1.807, 2.05) is 18.2 Å². The summed E-state index contributed by atoms with van der Waals surface area (Å²) in [5.41, 5.74) is 8.22. The summed E-state index contributed by atoms with van der Waals surface area (Å²) in [7, 11) is 0. The fraction of sp³-hybridized carbons (Fsp3) is 0.286. The molecule has 19 heavy (non-hydrogen) atoms. The van der Waals surface area contributed by atoms with E-state index in [9.17, 15) is 0 Å². The van der Waals surface area contributed by atoms with Gasteiger partial charge in [-0.3, -0.25) is 0 Å². The average Bonchev–Trinajstić information content (AvgIpc) is 2.83. The maximum absolute atomic E-state index is 8.98. The van der Waals surface area contributed by atoms with Crippen LogP contribution in [0.15, 0.2) is 24.3 Å². The van der Waals surface area contributed by atoms with Gasteiger partial charge in [0.25, 0.3) is 0 Å². The molecule has 1 aliphatic heterocycles. The Labute approximate surface area is 120 Å². The van der Waals surface area contributed by atoms with Gasteiger partial charge in [-0.15, -0.1) is 11.3 Å². The number of benzene rings is 1. The third kappa shape index (κ3) is 2.37. The molecule has 3 nitrogen and oxygen atoms in total. The van der Waals surface area contributed by atoms with E-state index in [2.05, 4.69) is 6.07 Å². The Kier molecular flexibility index (Phi) is 3.50. The number of thiophene rings is 1. The van der Waals surface area contributed by atoms with Gasteiger partial charge in [-0.1, -0.05) is 11.6 Å². The van der Waals surface area contributed by atoms with Crippen LogP contribution in [0.4, 0.5) is 0 Å². The minimum atomic E-state index is -0.122. The molecular formula is C14H14ClNO2S. The molecular weight excluding hydrogens is 282 g/mol. The van der Waals surface area contributed by atoms with Crippen LogP contribution in [-0.4, -0.2) is 11.7 Å². The second kappa shape index (κ2) is 5.13. The molecule has 1 unspecified atom stereocenters. The van der Waals surface area contributed by atoms with E-state index < -0.39 is 0 Å². The van der Waals surface area contributed by atoms with Crippen LogP contribution in [0.1, 0.15) is 22.9 Å². The van der Waals surface area contributed by atoms with Gasteiger partial charge in [-0.05, 0) is 30.7 Å². The first-order chi connectivity index (χ1) is 9.19. The van der Waals surface area contributed by atoms with E-state index in [0.29, 0.717) is 18.1 Å². The largest absolute Gasteiger partial charge is 0.488 e. The van der Waals surface area contributed by atoms with Crippen LogP contribution in [-0.2, 0) is 6.61 Å². The number of nitrogens with two attached hydrogens (primary N) is 1. The van der Waals surface area contributed by atoms with Gasteiger partial charge < -0.3 is 15.6 Å². The van der Waals surface area contributed by atoms with Gasteiger partial charge in [0.2, 0.25) is 0 Å². The Morgan fingerprint density at radius 1 is 1.42 bits per heavy atom. The SMILES string of the molecule is NC(CCO)c1cc2c(s1)-c1cc(Cl)ccc1OC2. The molecule has 0 fully saturated rings. The molecule has 100 valence electrons. The van der Waals surface area contributed by atoms with Gasteiger partial charge in [0.05, 0.1) is 0 Å². The van der Waals surface area contributed by atoms with Crippen LogP contribution in [0.25, 0.3) is 10.4 Å². The van der Waals surface area contributed by atoms with E-state index in [-0.39, 0.29) is 12.6 Å². The van der Waals surface area contributed by atoms with E-state index in [4.69, 9.17) is 27.2 Å². The Balaban J connectivity index is 2.03. The third-order valence-electron chi connectivity index (χ3n) is 3.20. The van der Waals surface area contributed by atoms with Gasteiger partial charge in [-0.25, -0.2) is 0 Å². The van der Waals surface area contributed by atoms with E-state index in [0.717, 1.165) is 21.8 Å². The lowest BCUT2D eigenvalue weighted by Gasteiger charge is -2.17. The van der Waals surface area contributed by atoms with Gasteiger partial charge >= 0.3 is 0 Å². The molecule has 0 saturated heterocycles. The van der Waals surface area contributed by atoms with Gasteiger partial charge in [0.1, 0.15) is 12.4 Å². The first-order valence-corrected chi connectivity index (χ1v) is 7.30. The molecule has 2 heterocycles. The number of aliphatic hydroxyl groups excluding tert-OH is 1. The smallest absolute Gasteiger partial charge is 0.128 e. The lowest BCUT2D eigenvalue weighted by molar-refractivity contribution is 0.277. The highest BCUT2D eigenvalue weighted by molar-refractivity contribution is 7.15. The molecule has 0 saturated carbocycles. The monoisotopic (exact) mass is 295 g/mol. The molecule has 3 N–H and O–H groups in total. The van der Waals surface area contributed by atoms with Gasteiger partial charge in [0.15, 0.2) is 0 Å². The summed E-state index contributed by atoms with van der Waals surface area (Å²) in [5.74, 6) is 0.862. The van der Waals surface area contributed by atoms with Gasteiger partial charge in [0, 0.05) is 38.6 Å². The summed E-state index contributed by atoms with van der Waals surface area (Å²) < 4.78 is 5.72. The van der Waals surface area contributed by atoms with Crippen molar-refractivity contribution in [2.75, 3.05) is 6.61 Å². The standard InChI is InChI=1S/C14H14ClNO2S/c15-9-1-2-12-10(6-9)14-8(7-18-12)5-13(19-14)11(16)3-4-17/h1-2,5-6,11,17H,3-4,7,16H2. The fourth-order valence-corrected chi connectivity index (χ4v) is 3.61. The highest BCUT2D eigenvalue weighted by atomic mass is 35.5. The lowest BCUT2D eigenvalue weighted by Crippen LogP contribution is -2.10. The van der Waals surface area contributed by atoms with Crippen molar-refractivity contribution in [2.24, 2.45) is 5.73 Å². The summed E-state index contributed by atoms with van der Waals surface area (Å²) in [4.78, 5) is 2.25. The zero-order valence-electron chi connectivity index (χ0n) is 10.2. The number of halogens is 1. The van der Waals surface area contributed by atoms with Crippen LogP contribution >= 0.6 is 22.9 Å². The minimum absolute atomic E-state index is 0.0998. The van der Waals surface area contributed by atoms with Crippen LogP contribution in [0.2, 0.25) is 5.02 Å². The Morgan fingerprint density at radius 3 is 3.05 bits per heavy atom. The zero-order chi connectivity index (χ0) is 13.4. The topological polar surface area (TPSA) is 55.5 Å². The van der Waals surface area contributed by atoms with Crippen molar-refractivity contribution in [1.29, 1.82) is 0 Å². The predicted octanol–water partition coefficient (Wildman–Crippen LogP) is 3.34. The van der Waals surface area contributed by atoms with Crippen molar-refractivity contribution in [3.8, 4) is 16.2 Å². The highest BCUT2D eigenvalue weighted by Gasteiger charge is 2.22. The maximum atomic E-state index is 8.98. The molecule has 5 heteroatoms. The third-order valence-corrected chi connectivity index (χ3v) is 4.78. The molecule has 1 atom stereocenters. The summed E-state index contributed by atoms with van der Waals surface area (Å²) in [6.07, 6.45) is 0.572. The van der Waals surface area contributed by atoms with Crippen molar-refractivity contribution in [3.05, 3.63) is 39.7 Å². The van der Waals surface area contributed by atoms with Crippen LogP contribution in [0, 0.1) is 0 Å². The number of rotatable bonds is 3. The molecule has 0 amide bonds. The first kappa shape index (κ1) is 12.9.